The molecule has 5 N–H and O–H groups in total. The number of rotatable bonds is 7. The lowest BCUT2D eigenvalue weighted by molar-refractivity contribution is 0.1000. The van der Waals surface area contributed by atoms with Crippen molar-refractivity contribution in [1.29, 1.82) is 0 Å². The minimum Gasteiger partial charge on any atom is -0.459 e. The van der Waals surface area contributed by atoms with E-state index >= 15 is 0 Å². The normalized spacial score (nSPS) is 19.2. The van der Waals surface area contributed by atoms with Gasteiger partial charge in [-0.1, -0.05) is 18.9 Å². The van der Waals surface area contributed by atoms with E-state index in [9.17, 15) is 9.59 Å². The molecule has 1 saturated heterocycles. The minimum atomic E-state index is -0.654. The number of morpholine rings is 1. The summed E-state index contributed by atoms with van der Waals surface area (Å²) in [5.41, 5.74) is 15.3. The number of anilines is 2. The van der Waals surface area contributed by atoms with Gasteiger partial charge in [-0.25, -0.2) is 4.98 Å². The molecule has 0 bridgehead atoms. The van der Waals surface area contributed by atoms with Gasteiger partial charge in [0.25, 0.3) is 5.91 Å². The van der Waals surface area contributed by atoms with Gasteiger partial charge in [-0.05, 0) is 25.0 Å². The third-order valence-corrected chi connectivity index (χ3v) is 9.29. The number of fused-ring (bicyclic) bond motifs is 2. The van der Waals surface area contributed by atoms with Crippen molar-refractivity contribution < 1.29 is 13.9 Å². The first-order valence-electron chi connectivity index (χ1n) is 14.3. The number of primary amides is 1. The molecule has 0 aromatic carbocycles. The largest absolute Gasteiger partial charge is 0.459 e. The molecular weight excluding hydrogens is 570 g/mol. The molecule has 2 atom stereocenters. The van der Waals surface area contributed by atoms with Crippen molar-refractivity contribution in [2.24, 2.45) is 11.5 Å². The highest BCUT2D eigenvalue weighted by Crippen LogP contribution is 2.35. The van der Waals surface area contributed by atoms with Crippen molar-refractivity contribution in [3.8, 4) is 11.3 Å². The van der Waals surface area contributed by atoms with E-state index < -0.39 is 5.91 Å². The molecule has 2 aliphatic rings. The first kappa shape index (κ1) is 27.4. The maximum atomic E-state index is 12.9. The maximum Gasteiger partial charge on any atom is 0.254 e. The van der Waals surface area contributed by atoms with Gasteiger partial charge in [0.15, 0.2) is 11.2 Å². The number of nitrogens with two attached hydrogens (primary N) is 2. The molecule has 222 valence electrons. The second-order valence-electron chi connectivity index (χ2n) is 10.9. The van der Waals surface area contributed by atoms with Crippen LogP contribution in [0.4, 0.5) is 10.9 Å². The zero-order valence-corrected chi connectivity index (χ0v) is 24.2. The van der Waals surface area contributed by atoms with E-state index in [1.165, 1.54) is 17.7 Å². The molecule has 13 nitrogen and oxygen atoms in total. The van der Waals surface area contributed by atoms with Gasteiger partial charge >= 0.3 is 0 Å². The average molecular weight is 602 g/mol. The Balaban J connectivity index is 1.26. The number of hydrogen-bond acceptors (Lipinski definition) is 12. The van der Waals surface area contributed by atoms with Gasteiger partial charge in [0.2, 0.25) is 11.4 Å². The van der Waals surface area contributed by atoms with Gasteiger partial charge < -0.3 is 30.8 Å². The molecule has 1 aliphatic heterocycles. The fourth-order valence-corrected chi connectivity index (χ4v) is 7.05. The zero-order valence-electron chi connectivity index (χ0n) is 23.4. The van der Waals surface area contributed by atoms with Crippen LogP contribution >= 0.6 is 11.3 Å². The Morgan fingerprint density at radius 2 is 2.00 bits per heavy atom. The van der Waals surface area contributed by atoms with Gasteiger partial charge in [-0.15, -0.1) is 21.5 Å². The van der Waals surface area contributed by atoms with Gasteiger partial charge in [-0.3, -0.25) is 19.0 Å². The van der Waals surface area contributed by atoms with Crippen molar-refractivity contribution >= 4 is 44.1 Å². The van der Waals surface area contributed by atoms with Crippen LogP contribution < -0.4 is 27.1 Å². The van der Waals surface area contributed by atoms with Crippen molar-refractivity contribution in [1.82, 2.24) is 24.6 Å². The number of carbonyl (C=O) groups is 1. The third kappa shape index (κ3) is 5.21. The first-order valence-corrected chi connectivity index (χ1v) is 15.2. The Morgan fingerprint density at radius 3 is 2.81 bits per heavy atom. The SMILES string of the molecule is NC(=O)c1c(Cc2cccc(-c3coc4c(=O)cc(N5CCOCC5)sc34)n2)nc(N[C@H]2CCCC[C@H]2N)n2cnnc12. The van der Waals surface area contributed by atoms with Crippen LogP contribution in [0.2, 0.25) is 0 Å². The van der Waals surface area contributed by atoms with E-state index in [4.69, 9.17) is 30.6 Å². The number of carbonyl (C=O) groups excluding carboxylic acids is 1. The first-order chi connectivity index (χ1) is 21.0. The summed E-state index contributed by atoms with van der Waals surface area (Å²) in [6.07, 6.45) is 7.31. The van der Waals surface area contributed by atoms with Crippen LogP contribution in [0.3, 0.4) is 0 Å². The molecule has 1 aliphatic carbocycles. The fourth-order valence-electron chi connectivity index (χ4n) is 5.86. The molecule has 14 heteroatoms. The number of nitrogens with zero attached hydrogens (tertiary/aromatic N) is 6. The summed E-state index contributed by atoms with van der Waals surface area (Å²) in [5.74, 6) is -0.154. The molecule has 7 rings (SSSR count). The molecule has 6 heterocycles. The molecule has 1 saturated carbocycles. The van der Waals surface area contributed by atoms with E-state index in [1.54, 1.807) is 16.7 Å². The second kappa shape index (κ2) is 11.4. The molecule has 5 aromatic rings. The topological polar surface area (TPSA) is 180 Å². The predicted molar refractivity (Wildman–Crippen MR) is 163 cm³/mol. The number of ether oxygens (including phenoxy) is 1. The van der Waals surface area contributed by atoms with Crippen LogP contribution in [0.5, 0.6) is 0 Å². The average Bonchev–Trinajstić information content (AvgIpc) is 3.67. The molecule has 2 fully saturated rings. The van der Waals surface area contributed by atoms with Gasteiger partial charge in [0.05, 0.1) is 39.9 Å². The summed E-state index contributed by atoms with van der Waals surface area (Å²) in [5, 5.41) is 12.5. The zero-order chi connectivity index (χ0) is 29.5. The van der Waals surface area contributed by atoms with Gasteiger partial charge in [-0.2, -0.15) is 0 Å². The molecular formula is C29H31N9O4S. The Hall–Kier alpha value is -4.40. The summed E-state index contributed by atoms with van der Waals surface area (Å²) in [7, 11) is 0. The highest BCUT2D eigenvalue weighted by molar-refractivity contribution is 7.22. The lowest BCUT2D eigenvalue weighted by atomic mass is 9.91. The highest BCUT2D eigenvalue weighted by Gasteiger charge is 2.26. The predicted octanol–water partition coefficient (Wildman–Crippen LogP) is 2.56. The molecule has 0 radical (unpaired) electrons. The quantitative estimate of drug-likeness (QED) is 0.249. The van der Waals surface area contributed by atoms with Crippen molar-refractivity contribution in [2.45, 2.75) is 44.2 Å². The van der Waals surface area contributed by atoms with Gasteiger partial charge in [0, 0.05) is 43.4 Å². The van der Waals surface area contributed by atoms with E-state index in [2.05, 4.69) is 20.4 Å². The maximum absolute atomic E-state index is 12.9. The van der Waals surface area contributed by atoms with Crippen molar-refractivity contribution in [3.05, 3.63) is 64.0 Å². The van der Waals surface area contributed by atoms with Crippen LogP contribution in [-0.2, 0) is 11.2 Å². The van der Waals surface area contributed by atoms with E-state index in [1.807, 2.05) is 18.2 Å². The summed E-state index contributed by atoms with van der Waals surface area (Å²) < 4.78 is 13.6. The molecule has 5 aromatic heterocycles. The summed E-state index contributed by atoms with van der Waals surface area (Å²) in [6, 6.07) is 7.25. The molecule has 0 unspecified atom stereocenters. The summed E-state index contributed by atoms with van der Waals surface area (Å²) >= 11 is 1.50. The van der Waals surface area contributed by atoms with Crippen LogP contribution in [0.25, 0.3) is 27.2 Å². The number of amides is 1. The second-order valence-corrected chi connectivity index (χ2v) is 11.9. The fraction of sp³-hybridized carbons (Fsp3) is 0.379. The van der Waals surface area contributed by atoms with Crippen LogP contribution in [0.1, 0.15) is 47.4 Å². The minimum absolute atomic E-state index is 0.0102. The summed E-state index contributed by atoms with van der Waals surface area (Å²) in [6.45, 7) is 2.68. The number of furan rings is 1. The van der Waals surface area contributed by atoms with Crippen LogP contribution in [0.15, 0.2) is 46.1 Å². The lowest BCUT2D eigenvalue weighted by Gasteiger charge is -2.30. The van der Waals surface area contributed by atoms with Crippen molar-refractivity contribution in [3.63, 3.8) is 0 Å². The lowest BCUT2D eigenvalue weighted by Crippen LogP contribution is -2.43. The molecule has 1 amide bonds. The Labute approximate surface area is 249 Å². The van der Waals surface area contributed by atoms with Crippen LogP contribution in [-0.4, -0.2) is 68.9 Å². The summed E-state index contributed by atoms with van der Waals surface area (Å²) in [4.78, 5) is 37.5. The van der Waals surface area contributed by atoms with Crippen molar-refractivity contribution in [2.75, 3.05) is 36.5 Å². The highest BCUT2D eigenvalue weighted by atomic mass is 32.1. The number of aromatic nitrogens is 5. The Bertz CT molecular complexity index is 1880. The van der Waals surface area contributed by atoms with E-state index in [0.29, 0.717) is 47.5 Å². The van der Waals surface area contributed by atoms with Crippen LogP contribution in [0, 0.1) is 0 Å². The van der Waals surface area contributed by atoms with Gasteiger partial charge in [0.1, 0.15) is 18.2 Å². The smallest absolute Gasteiger partial charge is 0.254 e. The van der Waals surface area contributed by atoms with E-state index in [0.717, 1.165) is 54.0 Å². The third-order valence-electron chi connectivity index (χ3n) is 8.09. The monoisotopic (exact) mass is 601 g/mol. The standard InChI is InChI=1S/C29H31N9O4S/c30-18-5-1-2-6-20(18)34-29-35-21(24(27(31)40)28-36-32-15-38(28)29)12-16-4-3-7-19(33-16)17-14-42-25-22(39)13-23(43-26(17)25)37-8-10-41-11-9-37/h3-4,7,13-15,18,20H,1-2,5-6,8-12,30H2,(H2,31,40)(H,34,35)/t18-,20+/m1/s1. The molecule has 43 heavy (non-hydrogen) atoms. The number of hydrogen-bond donors (Lipinski definition) is 3. The number of pyridine rings is 1. The molecule has 0 spiro atoms. The Morgan fingerprint density at radius 1 is 1.16 bits per heavy atom. The Kier molecular flexibility index (Phi) is 7.24. The van der Waals surface area contributed by atoms with E-state index in [-0.39, 0.29) is 29.5 Å². The number of nitrogens with one attached hydrogen (secondary N) is 1.